The molecule has 28 heavy (non-hydrogen) atoms. The summed E-state index contributed by atoms with van der Waals surface area (Å²) in [7, 11) is 1.34. The number of nitrogens with zero attached hydrogens (tertiary/aromatic N) is 2. The average molecular weight is 380 g/mol. The molecule has 0 aliphatic heterocycles. The Morgan fingerprint density at radius 3 is 2.71 bits per heavy atom. The molecule has 0 radical (unpaired) electrons. The Morgan fingerprint density at radius 2 is 2.04 bits per heavy atom. The van der Waals surface area contributed by atoms with Crippen molar-refractivity contribution in [3.63, 3.8) is 0 Å². The summed E-state index contributed by atoms with van der Waals surface area (Å²) >= 11 is 0. The van der Waals surface area contributed by atoms with E-state index in [1.807, 2.05) is 48.1 Å². The van der Waals surface area contributed by atoms with Gasteiger partial charge in [-0.1, -0.05) is 31.2 Å². The Morgan fingerprint density at radius 1 is 1.25 bits per heavy atom. The van der Waals surface area contributed by atoms with E-state index in [1.165, 1.54) is 7.11 Å². The van der Waals surface area contributed by atoms with Crippen LogP contribution in [0.15, 0.2) is 42.7 Å². The Kier molecular flexibility index (Phi) is 5.93. The zero-order valence-electron chi connectivity index (χ0n) is 16.3. The monoisotopic (exact) mass is 380 g/mol. The quantitative estimate of drug-likeness (QED) is 0.617. The number of aryl methyl sites for hydroxylation is 1. The number of hydrogen-bond acceptors (Lipinski definition) is 4. The number of amides is 1. The highest BCUT2D eigenvalue weighted by molar-refractivity contribution is 6.00. The molecule has 1 amide bonds. The molecular formula is C21H24N4O3. The fourth-order valence-corrected chi connectivity index (χ4v) is 3.22. The first kappa shape index (κ1) is 19.4. The normalized spacial score (nSPS) is 10.7. The summed E-state index contributed by atoms with van der Waals surface area (Å²) < 4.78 is 6.69. The summed E-state index contributed by atoms with van der Waals surface area (Å²) in [6.07, 6.45) is 4.26. The van der Waals surface area contributed by atoms with Gasteiger partial charge in [0.25, 0.3) is 5.91 Å². The number of H-pyrrole nitrogens is 1. The van der Waals surface area contributed by atoms with Crippen LogP contribution in [0.5, 0.6) is 0 Å². The Hall–Kier alpha value is -3.35. The maximum Gasteiger partial charge on any atom is 0.339 e. The first-order chi connectivity index (χ1) is 13.5. The van der Waals surface area contributed by atoms with Crippen LogP contribution in [0.3, 0.4) is 0 Å². The van der Waals surface area contributed by atoms with Crippen LogP contribution >= 0.6 is 0 Å². The Balaban J connectivity index is 1.71. The second-order valence-corrected chi connectivity index (χ2v) is 6.53. The summed E-state index contributed by atoms with van der Waals surface area (Å²) in [5.41, 5.74) is 4.24. The lowest BCUT2D eigenvalue weighted by Gasteiger charge is -2.08. The number of carbonyl (C=O) groups excluding carboxylic acids is 2. The zero-order chi connectivity index (χ0) is 20.1. The van der Waals surface area contributed by atoms with Gasteiger partial charge >= 0.3 is 5.97 Å². The third-order valence-corrected chi connectivity index (χ3v) is 4.65. The lowest BCUT2D eigenvalue weighted by atomic mass is 10.1. The molecule has 7 nitrogen and oxygen atoms in total. The van der Waals surface area contributed by atoms with Gasteiger partial charge in [-0.15, -0.1) is 0 Å². The number of aromatic amines is 1. The van der Waals surface area contributed by atoms with Crippen LogP contribution in [0.2, 0.25) is 0 Å². The van der Waals surface area contributed by atoms with Crippen molar-refractivity contribution in [2.24, 2.45) is 0 Å². The molecule has 0 atom stereocenters. The summed E-state index contributed by atoms with van der Waals surface area (Å²) in [6, 6.07) is 9.88. The van der Waals surface area contributed by atoms with Gasteiger partial charge < -0.3 is 15.0 Å². The molecule has 0 unspecified atom stereocenters. The molecule has 0 bridgehead atoms. The highest BCUT2D eigenvalue weighted by Gasteiger charge is 2.23. The van der Waals surface area contributed by atoms with Gasteiger partial charge in [-0.3, -0.25) is 9.48 Å². The van der Waals surface area contributed by atoms with Crippen molar-refractivity contribution >= 4 is 11.9 Å². The van der Waals surface area contributed by atoms with Crippen LogP contribution in [0.1, 0.15) is 50.2 Å². The van der Waals surface area contributed by atoms with Crippen molar-refractivity contribution in [3.8, 4) is 0 Å². The van der Waals surface area contributed by atoms with E-state index >= 15 is 0 Å². The van der Waals surface area contributed by atoms with Crippen molar-refractivity contribution in [2.75, 3.05) is 7.11 Å². The van der Waals surface area contributed by atoms with Crippen LogP contribution in [-0.2, 0) is 24.2 Å². The molecule has 0 aliphatic rings. The summed E-state index contributed by atoms with van der Waals surface area (Å²) in [4.78, 5) is 27.7. The lowest BCUT2D eigenvalue weighted by Crippen LogP contribution is -2.24. The van der Waals surface area contributed by atoms with E-state index < -0.39 is 5.97 Å². The van der Waals surface area contributed by atoms with Crippen LogP contribution < -0.4 is 5.32 Å². The van der Waals surface area contributed by atoms with Gasteiger partial charge in [0.1, 0.15) is 5.69 Å². The second-order valence-electron chi connectivity index (χ2n) is 6.53. The molecule has 1 aromatic carbocycles. The van der Waals surface area contributed by atoms with E-state index in [4.69, 9.17) is 4.74 Å². The Bertz CT molecular complexity index is 974. The third-order valence-electron chi connectivity index (χ3n) is 4.65. The average Bonchev–Trinajstić information content (AvgIpc) is 3.33. The highest BCUT2D eigenvalue weighted by atomic mass is 16.5. The highest BCUT2D eigenvalue weighted by Crippen LogP contribution is 2.20. The summed E-state index contributed by atoms with van der Waals surface area (Å²) in [5.74, 6) is -0.684. The third kappa shape index (κ3) is 4.14. The van der Waals surface area contributed by atoms with Gasteiger partial charge in [-0.2, -0.15) is 5.10 Å². The van der Waals surface area contributed by atoms with Crippen LogP contribution in [0.4, 0.5) is 0 Å². The molecule has 3 rings (SSSR count). The predicted octanol–water partition coefficient (Wildman–Crippen LogP) is 2.85. The minimum atomic E-state index is -0.434. The van der Waals surface area contributed by atoms with E-state index in [9.17, 15) is 9.59 Å². The number of carbonyl (C=O) groups is 2. The number of esters is 1. The molecule has 3 aromatic rings. The maximum atomic E-state index is 12.7. The number of hydrogen-bond donors (Lipinski definition) is 2. The van der Waals surface area contributed by atoms with Gasteiger partial charge in [0.2, 0.25) is 0 Å². The number of aromatic nitrogens is 3. The van der Waals surface area contributed by atoms with Gasteiger partial charge in [-0.25, -0.2) is 4.79 Å². The van der Waals surface area contributed by atoms with Crippen LogP contribution in [-0.4, -0.2) is 33.8 Å². The van der Waals surface area contributed by atoms with Crippen LogP contribution in [0, 0.1) is 6.92 Å². The summed E-state index contributed by atoms with van der Waals surface area (Å²) in [6.45, 7) is 4.73. The molecule has 0 saturated heterocycles. The summed E-state index contributed by atoms with van der Waals surface area (Å²) in [5, 5.41) is 7.13. The largest absolute Gasteiger partial charge is 0.465 e. The fourth-order valence-electron chi connectivity index (χ4n) is 3.22. The minimum absolute atomic E-state index is 0.250. The predicted molar refractivity (Wildman–Crippen MR) is 105 cm³/mol. The van der Waals surface area contributed by atoms with E-state index in [1.54, 1.807) is 13.1 Å². The SMILES string of the molecule is CCc1[nH]c(C(=O)NCc2cccc(Cn3cccn3)c2)c(C)c1C(=O)OC. The van der Waals surface area contributed by atoms with Crippen molar-refractivity contribution in [1.82, 2.24) is 20.1 Å². The van der Waals surface area contributed by atoms with Crippen molar-refractivity contribution in [3.05, 3.63) is 76.4 Å². The van der Waals surface area contributed by atoms with Crippen molar-refractivity contribution in [2.45, 2.75) is 33.4 Å². The van der Waals surface area contributed by atoms with Gasteiger partial charge in [0, 0.05) is 24.6 Å². The molecule has 0 fully saturated rings. The molecule has 146 valence electrons. The molecule has 0 aliphatic carbocycles. The zero-order valence-corrected chi connectivity index (χ0v) is 16.3. The first-order valence-corrected chi connectivity index (χ1v) is 9.16. The smallest absolute Gasteiger partial charge is 0.339 e. The minimum Gasteiger partial charge on any atom is -0.465 e. The molecule has 2 N–H and O–H groups in total. The molecule has 2 aromatic heterocycles. The standard InChI is InChI=1S/C21H24N4O3/c1-4-17-18(21(27)28-3)14(2)19(24-17)20(26)22-12-15-7-5-8-16(11-15)13-25-10-6-9-23-25/h5-11,24H,4,12-13H2,1-3H3,(H,22,26). The number of benzene rings is 1. The number of nitrogens with one attached hydrogen (secondary N) is 2. The molecular weight excluding hydrogens is 356 g/mol. The maximum absolute atomic E-state index is 12.7. The topological polar surface area (TPSA) is 89.0 Å². The van der Waals surface area contributed by atoms with E-state index in [-0.39, 0.29) is 5.91 Å². The van der Waals surface area contributed by atoms with E-state index in [0.29, 0.717) is 42.0 Å². The van der Waals surface area contributed by atoms with Crippen molar-refractivity contribution < 1.29 is 14.3 Å². The van der Waals surface area contributed by atoms with Gasteiger partial charge in [-0.05, 0) is 36.1 Å². The van der Waals surface area contributed by atoms with E-state index in [0.717, 1.165) is 11.1 Å². The van der Waals surface area contributed by atoms with Crippen LogP contribution in [0.25, 0.3) is 0 Å². The Labute approximate surface area is 163 Å². The molecule has 0 spiro atoms. The second kappa shape index (κ2) is 8.56. The molecule has 0 saturated carbocycles. The van der Waals surface area contributed by atoms with E-state index in [2.05, 4.69) is 15.4 Å². The number of ether oxygens (including phenoxy) is 1. The van der Waals surface area contributed by atoms with Gasteiger partial charge in [0.05, 0.1) is 19.2 Å². The fraction of sp³-hybridized carbons (Fsp3) is 0.286. The number of methoxy groups -OCH3 is 1. The van der Waals surface area contributed by atoms with Gasteiger partial charge in [0.15, 0.2) is 0 Å². The molecule has 7 heteroatoms. The molecule has 2 heterocycles. The lowest BCUT2D eigenvalue weighted by molar-refractivity contribution is 0.0599. The first-order valence-electron chi connectivity index (χ1n) is 9.16. The van der Waals surface area contributed by atoms with Crippen molar-refractivity contribution in [1.29, 1.82) is 0 Å². The number of rotatable bonds is 7.